The molecule has 3 aromatic rings. The Hall–Kier alpha value is -4.79. The number of rotatable bonds is 15. The number of carbonyl (C=O) groups is 3. The highest BCUT2D eigenvalue weighted by Crippen LogP contribution is 2.36. The zero-order valence-electron chi connectivity index (χ0n) is 53.3. The quantitative estimate of drug-likeness (QED) is 0.0879. The van der Waals surface area contributed by atoms with Gasteiger partial charge in [0.2, 0.25) is 11.8 Å². The highest BCUT2D eigenvalue weighted by atomic mass is 16.5. The van der Waals surface area contributed by atoms with Crippen molar-refractivity contribution < 1.29 is 19.1 Å². The average Bonchev–Trinajstić information content (AvgIpc) is 4.11. The number of nitrogens with zero attached hydrogens (tertiary/aromatic N) is 3. The zero-order chi connectivity index (χ0) is 58.6. The Morgan fingerprint density at radius 3 is 1.83 bits per heavy atom. The molecule has 2 unspecified atom stereocenters. The first-order valence-corrected chi connectivity index (χ1v) is 30.2. The molecule has 434 valence electrons. The van der Waals surface area contributed by atoms with Gasteiger partial charge in [0, 0.05) is 42.4 Å². The lowest BCUT2D eigenvalue weighted by molar-refractivity contribution is -0.134. The number of methoxy groups -OCH3 is 1. The van der Waals surface area contributed by atoms with E-state index >= 15 is 0 Å². The van der Waals surface area contributed by atoms with Gasteiger partial charge in [-0.05, 0) is 126 Å². The monoisotopic (exact) mass is 1060 g/mol. The molecule has 2 amide bonds. The van der Waals surface area contributed by atoms with Crippen LogP contribution in [0.5, 0.6) is 0 Å². The lowest BCUT2D eigenvalue weighted by atomic mass is 9.91. The van der Waals surface area contributed by atoms with Crippen LogP contribution in [0.2, 0.25) is 0 Å². The van der Waals surface area contributed by atoms with Gasteiger partial charge in [-0.25, -0.2) is 0 Å². The van der Waals surface area contributed by atoms with Crippen LogP contribution < -0.4 is 15.5 Å². The predicted octanol–water partition coefficient (Wildman–Crippen LogP) is 19.9. The first-order chi connectivity index (χ1) is 36.4. The molecule has 3 aliphatic rings. The summed E-state index contributed by atoms with van der Waals surface area (Å²) in [5, 5.41) is 5.82. The van der Waals surface area contributed by atoms with E-state index in [2.05, 4.69) is 140 Å². The van der Waals surface area contributed by atoms with E-state index in [1.807, 2.05) is 66.7 Å². The van der Waals surface area contributed by atoms with E-state index in [-0.39, 0.29) is 23.5 Å². The van der Waals surface area contributed by atoms with Crippen LogP contribution in [-0.4, -0.2) is 41.7 Å². The number of hydrogen-bond donors (Lipinski definition) is 2. The summed E-state index contributed by atoms with van der Waals surface area (Å²) in [4.78, 5) is 45.8. The van der Waals surface area contributed by atoms with Crippen LogP contribution in [0.15, 0.2) is 54.1 Å². The van der Waals surface area contributed by atoms with Crippen LogP contribution in [0.1, 0.15) is 289 Å². The SMILES string of the molecule is C1CCCC1.CC.CC.CCC.CCC/C(OC)=C(\C)c1cc(C(C)=O)cc(C)n1.CCC/C=C1/Nc2ccc(C)cc2N1C.CCCC.CCCCC(C)CC.CCCc1c(C)cc(C2CCC(=O)NC2=O)nc1C. The Bertz CT molecular complexity index is 2030. The van der Waals surface area contributed by atoms with Crippen molar-refractivity contribution in [1.29, 1.82) is 0 Å². The molecule has 2 aliphatic heterocycles. The minimum atomic E-state index is -0.286. The highest BCUT2D eigenvalue weighted by molar-refractivity contribution is 6.00. The molecular weight excluding hydrogens is 939 g/mol. The summed E-state index contributed by atoms with van der Waals surface area (Å²) in [7, 11) is 3.79. The number of carbonyl (C=O) groups excluding carboxylic acids is 3. The van der Waals surface area contributed by atoms with Crippen molar-refractivity contribution in [3.05, 3.63) is 99.1 Å². The van der Waals surface area contributed by atoms with Crippen molar-refractivity contribution in [2.45, 2.75) is 273 Å². The number of aryl methyl sites for hydroxylation is 4. The Kier molecular flexibility index (Phi) is 47.1. The molecular formula is C67H117N5O4. The topological polar surface area (TPSA) is 114 Å². The van der Waals surface area contributed by atoms with Crippen LogP contribution in [0.25, 0.3) is 5.57 Å². The number of amides is 2. The maximum Gasteiger partial charge on any atom is 0.235 e. The molecule has 2 N–H and O–H groups in total. The summed E-state index contributed by atoms with van der Waals surface area (Å²) in [6.45, 7) is 41.5. The van der Waals surface area contributed by atoms with Crippen molar-refractivity contribution in [3.8, 4) is 0 Å². The molecule has 1 aromatic carbocycles. The van der Waals surface area contributed by atoms with Crippen LogP contribution in [-0.2, 0) is 20.7 Å². The van der Waals surface area contributed by atoms with Crippen molar-refractivity contribution in [1.82, 2.24) is 15.3 Å². The van der Waals surface area contributed by atoms with Crippen molar-refractivity contribution in [2.75, 3.05) is 24.4 Å². The Morgan fingerprint density at radius 1 is 0.776 bits per heavy atom. The summed E-state index contributed by atoms with van der Waals surface area (Å²) in [5.74, 6) is 2.47. The number of imide groups is 1. The second-order valence-electron chi connectivity index (χ2n) is 19.8. The maximum absolute atomic E-state index is 11.9. The number of anilines is 2. The summed E-state index contributed by atoms with van der Waals surface area (Å²) in [6, 6.07) is 12.1. The largest absolute Gasteiger partial charge is 0.501 e. The van der Waals surface area contributed by atoms with E-state index < -0.39 is 0 Å². The maximum atomic E-state index is 11.9. The molecule has 0 bridgehead atoms. The van der Waals surface area contributed by atoms with Crippen molar-refractivity contribution in [3.63, 3.8) is 0 Å². The molecule has 6 rings (SSSR count). The number of ether oxygens (including phenoxy) is 1. The minimum absolute atomic E-state index is 0.0593. The Balaban J connectivity index is -0.000000871. The third kappa shape index (κ3) is 31.4. The van der Waals surface area contributed by atoms with E-state index in [4.69, 9.17) is 4.74 Å². The number of unbranched alkanes of at least 4 members (excludes halogenated alkanes) is 3. The van der Waals surface area contributed by atoms with Gasteiger partial charge < -0.3 is 15.0 Å². The van der Waals surface area contributed by atoms with Gasteiger partial charge in [-0.3, -0.25) is 29.7 Å². The molecule has 1 saturated heterocycles. The van der Waals surface area contributed by atoms with Gasteiger partial charge >= 0.3 is 0 Å². The number of benzene rings is 1. The van der Waals surface area contributed by atoms with E-state index in [0.717, 1.165) is 72.1 Å². The molecule has 1 saturated carbocycles. The summed E-state index contributed by atoms with van der Waals surface area (Å²) in [5.41, 5.74) is 11.4. The number of pyridine rings is 2. The van der Waals surface area contributed by atoms with Crippen LogP contribution >= 0.6 is 0 Å². The summed E-state index contributed by atoms with van der Waals surface area (Å²) < 4.78 is 5.40. The molecule has 9 nitrogen and oxygen atoms in total. The summed E-state index contributed by atoms with van der Waals surface area (Å²) in [6.07, 6.45) is 26.5. The number of Topliss-reactive ketones (excluding diaryl/α,β-unsaturated/α-hetero) is 1. The number of allylic oxidation sites excluding steroid dienone is 3. The second-order valence-corrected chi connectivity index (χ2v) is 19.8. The molecule has 0 radical (unpaired) electrons. The molecule has 0 spiro atoms. The lowest BCUT2D eigenvalue weighted by Crippen LogP contribution is -2.39. The molecule has 76 heavy (non-hydrogen) atoms. The average molecular weight is 1060 g/mol. The van der Waals surface area contributed by atoms with Crippen LogP contribution in [0.3, 0.4) is 0 Å². The molecule has 2 aromatic heterocycles. The number of hydrogen-bond acceptors (Lipinski definition) is 8. The Labute approximate surface area is 469 Å². The zero-order valence-corrected chi connectivity index (χ0v) is 53.3. The van der Waals surface area contributed by atoms with Crippen molar-refractivity contribution in [2.24, 2.45) is 5.92 Å². The molecule has 2 atom stereocenters. The van der Waals surface area contributed by atoms with Gasteiger partial charge in [0.05, 0.1) is 35.8 Å². The third-order valence-corrected chi connectivity index (χ3v) is 12.8. The Morgan fingerprint density at radius 2 is 1.37 bits per heavy atom. The smallest absolute Gasteiger partial charge is 0.235 e. The van der Waals surface area contributed by atoms with Gasteiger partial charge in [-0.1, -0.05) is 193 Å². The van der Waals surface area contributed by atoms with Gasteiger partial charge in [0.25, 0.3) is 0 Å². The number of ketones is 1. The molecule has 2 fully saturated rings. The first-order valence-electron chi connectivity index (χ1n) is 30.2. The fourth-order valence-electron chi connectivity index (χ4n) is 8.03. The second kappa shape index (κ2) is 47.4. The fraction of sp³-hybridized carbons (Fsp3) is 0.657. The van der Waals surface area contributed by atoms with E-state index in [9.17, 15) is 14.4 Å². The van der Waals surface area contributed by atoms with Gasteiger partial charge in [0.1, 0.15) is 11.6 Å². The minimum Gasteiger partial charge on any atom is -0.501 e. The lowest BCUT2D eigenvalue weighted by Gasteiger charge is -2.22. The highest BCUT2D eigenvalue weighted by Gasteiger charge is 2.29. The number of nitrogens with one attached hydrogen (secondary N) is 2. The van der Waals surface area contributed by atoms with E-state index in [0.29, 0.717) is 18.4 Å². The number of piperidine rings is 1. The van der Waals surface area contributed by atoms with Gasteiger partial charge in [0.15, 0.2) is 5.78 Å². The molecule has 1 aliphatic carbocycles. The van der Waals surface area contributed by atoms with Gasteiger partial charge in [-0.2, -0.15) is 0 Å². The standard InChI is InChI=1S/C15H20N2O2.C15H21NO2.C13H18N2.C8H18.C5H10.C4H10.C3H8.2C2H6/c1-4-5-11-9(2)8-13(16-10(11)3)12-6-7-14(18)17-15(12)19;1-6-7-15(18-5)11(3)14-9-13(12(4)17)8-10(2)16-14;1-4-5-6-13-14-11-8-7-10(2)9-12(11)15(13)3;1-4-6-7-8(3)5-2;1-2-4-5-3-1;1-3-4-2;1-3-2;2*1-2/h8,12H,4-7H2,1-3H3,(H,17,18,19);8-9H,6-7H2,1-5H3;6-9,14H,4-5H2,1-3H3;8H,4-7H2,1-3H3;1-5H2;3-4H2,1-2H3;3H2,1-2H3;2*1-2H3/b;15-11-;13-6-;;;;;;. The third-order valence-electron chi connectivity index (χ3n) is 12.8. The van der Waals surface area contributed by atoms with Crippen LogP contribution in [0, 0.1) is 33.6 Å². The molecule has 4 heterocycles. The van der Waals surface area contributed by atoms with Crippen LogP contribution in [0.4, 0.5) is 11.4 Å². The number of aromatic nitrogens is 2. The van der Waals surface area contributed by atoms with E-state index in [1.54, 1.807) is 14.0 Å². The first kappa shape index (κ1) is 75.4. The number of fused-ring (bicyclic) bond motifs is 1. The molecule has 9 heteroatoms. The normalized spacial score (nSPS) is 14.8. The summed E-state index contributed by atoms with van der Waals surface area (Å²) >= 11 is 0. The van der Waals surface area contributed by atoms with Crippen molar-refractivity contribution >= 4 is 34.5 Å². The fourth-order valence-corrected chi connectivity index (χ4v) is 8.03. The van der Waals surface area contributed by atoms with E-state index in [1.165, 1.54) is 117 Å². The predicted molar refractivity (Wildman–Crippen MR) is 334 cm³/mol. The van der Waals surface area contributed by atoms with Gasteiger partial charge in [-0.15, -0.1) is 0 Å².